The largest absolute Gasteiger partial charge is 0.352 e. The molecule has 0 saturated heterocycles. The Morgan fingerprint density at radius 2 is 2.10 bits per heavy atom. The molecule has 0 saturated carbocycles. The third kappa shape index (κ3) is 5.40. The number of benzene rings is 1. The fourth-order valence-corrected chi connectivity index (χ4v) is 1.63. The molecule has 0 aliphatic rings. The van der Waals surface area contributed by atoms with Crippen LogP contribution in [0.3, 0.4) is 0 Å². The second kappa shape index (κ2) is 8.32. The molecule has 0 fully saturated rings. The highest BCUT2D eigenvalue weighted by molar-refractivity contribution is 5.92. The molecule has 0 aromatic heterocycles. The summed E-state index contributed by atoms with van der Waals surface area (Å²) in [4.78, 5) is 23.2. The van der Waals surface area contributed by atoms with Crippen molar-refractivity contribution in [3.05, 3.63) is 29.8 Å². The number of carbonyl (C=O) groups excluding carboxylic acids is 2. The van der Waals surface area contributed by atoms with Crippen LogP contribution in [0.15, 0.2) is 24.3 Å². The maximum absolute atomic E-state index is 11.8. The molecule has 1 rings (SSSR count). The van der Waals surface area contributed by atoms with E-state index in [1.165, 1.54) is 0 Å². The lowest BCUT2D eigenvalue weighted by molar-refractivity contribution is -0.121. The first kappa shape index (κ1) is 16.2. The van der Waals surface area contributed by atoms with Gasteiger partial charge in [-0.3, -0.25) is 9.59 Å². The lowest BCUT2D eigenvalue weighted by Gasteiger charge is -2.11. The first-order chi connectivity index (χ1) is 9.56. The molecule has 4 N–H and O–H groups in total. The molecule has 1 unspecified atom stereocenters. The number of nitrogens with two attached hydrogens (primary N) is 1. The molecule has 0 radical (unpaired) electrons. The Kier molecular flexibility index (Phi) is 6.73. The highest BCUT2D eigenvalue weighted by atomic mass is 16.2. The zero-order chi connectivity index (χ0) is 15.0. The van der Waals surface area contributed by atoms with Crippen molar-refractivity contribution in [2.75, 3.05) is 11.9 Å². The molecule has 0 bridgehead atoms. The summed E-state index contributed by atoms with van der Waals surface area (Å²) in [6.45, 7) is 4.66. The van der Waals surface area contributed by atoms with Crippen molar-refractivity contribution in [2.24, 2.45) is 11.7 Å². The summed E-state index contributed by atoms with van der Waals surface area (Å²) in [5.74, 6) is -0.0683. The Balaban J connectivity index is 2.57. The molecule has 0 heterocycles. The number of anilines is 1. The van der Waals surface area contributed by atoms with E-state index in [0.717, 1.165) is 17.7 Å². The molecule has 20 heavy (non-hydrogen) atoms. The molecular formula is C15H23N3O2. The van der Waals surface area contributed by atoms with Gasteiger partial charge in [-0.2, -0.15) is 0 Å². The van der Waals surface area contributed by atoms with Gasteiger partial charge in [-0.05, 0) is 24.1 Å². The van der Waals surface area contributed by atoms with Crippen LogP contribution in [-0.2, 0) is 16.1 Å². The lowest BCUT2D eigenvalue weighted by Crippen LogP contribution is -2.25. The highest BCUT2D eigenvalue weighted by Gasteiger charge is 2.10. The summed E-state index contributed by atoms with van der Waals surface area (Å²) >= 11 is 0. The van der Waals surface area contributed by atoms with E-state index in [9.17, 15) is 9.59 Å². The first-order valence-corrected chi connectivity index (χ1v) is 6.93. The molecule has 0 aliphatic carbocycles. The van der Waals surface area contributed by atoms with E-state index in [1.54, 1.807) is 0 Å². The predicted molar refractivity (Wildman–Crippen MR) is 80.0 cm³/mol. The average molecular weight is 277 g/mol. The van der Waals surface area contributed by atoms with Crippen LogP contribution in [-0.4, -0.2) is 18.4 Å². The van der Waals surface area contributed by atoms with E-state index in [2.05, 4.69) is 10.6 Å². The molecule has 5 nitrogen and oxygen atoms in total. The summed E-state index contributed by atoms with van der Waals surface area (Å²) in [5, 5.41) is 5.66. The van der Waals surface area contributed by atoms with Crippen LogP contribution in [0, 0.1) is 5.92 Å². The van der Waals surface area contributed by atoms with Crippen molar-refractivity contribution < 1.29 is 9.59 Å². The van der Waals surface area contributed by atoms with Crippen LogP contribution in [0.4, 0.5) is 5.69 Å². The maximum atomic E-state index is 11.8. The van der Waals surface area contributed by atoms with Gasteiger partial charge in [0.1, 0.15) is 0 Å². The summed E-state index contributed by atoms with van der Waals surface area (Å²) in [6, 6.07) is 7.47. The minimum absolute atomic E-state index is 0.0109. The van der Waals surface area contributed by atoms with Crippen molar-refractivity contribution in [2.45, 2.75) is 33.2 Å². The third-order valence-electron chi connectivity index (χ3n) is 3.12. The van der Waals surface area contributed by atoms with Crippen molar-refractivity contribution >= 4 is 17.5 Å². The number of hydrogen-bond acceptors (Lipinski definition) is 3. The monoisotopic (exact) mass is 277 g/mol. The van der Waals surface area contributed by atoms with E-state index in [1.807, 2.05) is 38.1 Å². The zero-order valence-electron chi connectivity index (χ0n) is 12.1. The normalized spacial score (nSPS) is 11.8. The second-order valence-corrected chi connectivity index (χ2v) is 4.81. The van der Waals surface area contributed by atoms with Crippen LogP contribution < -0.4 is 16.4 Å². The molecule has 0 aliphatic heterocycles. The molecule has 1 aromatic carbocycles. The van der Waals surface area contributed by atoms with Crippen LogP contribution >= 0.6 is 0 Å². The van der Waals surface area contributed by atoms with Crippen molar-refractivity contribution in [3.8, 4) is 0 Å². The number of nitrogens with one attached hydrogen (secondary N) is 2. The van der Waals surface area contributed by atoms with Gasteiger partial charge in [0.2, 0.25) is 11.8 Å². The topological polar surface area (TPSA) is 84.2 Å². The molecular weight excluding hydrogens is 254 g/mol. The Morgan fingerprint density at radius 3 is 2.75 bits per heavy atom. The Bertz CT molecular complexity index is 460. The number of hydrogen-bond donors (Lipinski definition) is 3. The summed E-state index contributed by atoms with van der Waals surface area (Å²) in [7, 11) is 0. The van der Waals surface area contributed by atoms with Crippen LogP contribution in [0.5, 0.6) is 0 Å². The lowest BCUT2D eigenvalue weighted by atomic mass is 10.1. The van der Waals surface area contributed by atoms with Gasteiger partial charge in [-0.1, -0.05) is 26.0 Å². The van der Waals surface area contributed by atoms with E-state index >= 15 is 0 Å². The minimum Gasteiger partial charge on any atom is -0.352 e. The van der Waals surface area contributed by atoms with Gasteiger partial charge in [0.25, 0.3) is 0 Å². The fraction of sp³-hybridized carbons (Fsp3) is 0.467. The van der Waals surface area contributed by atoms with Gasteiger partial charge in [0, 0.05) is 31.1 Å². The van der Waals surface area contributed by atoms with Crippen LogP contribution in [0.25, 0.3) is 0 Å². The first-order valence-electron chi connectivity index (χ1n) is 6.93. The van der Waals surface area contributed by atoms with Crippen molar-refractivity contribution in [3.63, 3.8) is 0 Å². The Hall–Kier alpha value is -1.88. The summed E-state index contributed by atoms with van der Waals surface area (Å²) in [6.07, 6.45) is 1.13. The molecule has 110 valence electrons. The van der Waals surface area contributed by atoms with Gasteiger partial charge in [-0.25, -0.2) is 0 Å². The van der Waals surface area contributed by atoms with Crippen molar-refractivity contribution in [1.82, 2.24) is 5.32 Å². The highest BCUT2D eigenvalue weighted by Crippen LogP contribution is 2.13. The molecule has 2 amide bonds. The third-order valence-corrected chi connectivity index (χ3v) is 3.12. The van der Waals surface area contributed by atoms with Crippen LogP contribution in [0.1, 0.15) is 32.3 Å². The van der Waals surface area contributed by atoms with E-state index < -0.39 is 0 Å². The molecule has 1 aromatic rings. The van der Waals surface area contributed by atoms with Crippen LogP contribution in [0.2, 0.25) is 0 Å². The average Bonchev–Trinajstić information content (AvgIpc) is 2.45. The molecule has 0 spiro atoms. The predicted octanol–water partition coefficient (Wildman–Crippen LogP) is 1.64. The van der Waals surface area contributed by atoms with E-state index in [0.29, 0.717) is 19.5 Å². The van der Waals surface area contributed by atoms with Gasteiger partial charge in [-0.15, -0.1) is 0 Å². The molecule has 1 atom stereocenters. The van der Waals surface area contributed by atoms with E-state index in [4.69, 9.17) is 5.73 Å². The Morgan fingerprint density at radius 1 is 1.35 bits per heavy atom. The second-order valence-electron chi connectivity index (χ2n) is 4.81. The summed E-state index contributed by atoms with van der Waals surface area (Å²) in [5.41, 5.74) is 7.00. The van der Waals surface area contributed by atoms with Gasteiger partial charge in [0.15, 0.2) is 0 Å². The molecule has 5 heteroatoms. The minimum atomic E-state index is -0.0680. The van der Waals surface area contributed by atoms with Crippen molar-refractivity contribution in [1.29, 1.82) is 0 Å². The SMILES string of the molecule is CCC(C)C(=O)Nc1cccc(CNC(=O)CCN)c1. The number of amides is 2. The summed E-state index contributed by atoms with van der Waals surface area (Å²) < 4.78 is 0. The Labute approximate surface area is 119 Å². The standard InChI is InChI=1S/C15H23N3O2/c1-3-11(2)15(20)18-13-6-4-5-12(9-13)10-17-14(19)7-8-16/h4-6,9,11H,3,7-8,10,16H2,1-2H3,(H,17,19)(H,18,20). The zero-order valence-corrected chi connectivity index (χ0v) is 12.1. The smallest absolute Gasteiger partial charge is 0.227 e. The van der Waals surface area contributed by atoms with Gasteiger partial charge in [0.05, 0.1) is 0 Å². The number of carbonyl (C=O) groups is 2. The number of rotatable bonds is 7. The van der Waals surface area contributed by atoms with Gasteiger partial charge < -0.3 is 16.4 Å². The quantitative estimate of drug-likeness (QED) is 0.708. The van der Waals surface area contributed by atoms with Gasteiger partial charge >= 0.3 is 0 Å². The maximum Gasteiger partial charge on any atom is 0.227 e. The van der Waals surface area contributed by atoms with E-state index in [-0.39, 0.29) is 17.7 Å². The fourth-order valence-electron chi connectivity index (χ4n) is 1.63.